The van der Waals surface area contributed by atoms with Crippen molar-refractivity contribution in [1.82, 2.24) is 9.80 Å². The molecule has 1 aliphatic rings. The van der Waals surface area contributed by atoms with Gasteiger partial charge in [-0.05, 0) is 26.9 Å². The van der Waals surface area contributed by atoms with Crippen molar-refractivity contribution >= 4 is 0 Å². The maximum absolute atomic E-state index is 8.82. The van der Waals surface area contributed by atoms with E-state index in [1.807, 2.05) is 0 Å². The molecule has 0 aromatic rings. The van der Waals surface area contributed by atoms with Crippen LogP contribution in [0.25, 0.3) is 0 Å². The van der Waals surface area contributed by atoms with Gasteiger partial charge in [0.1, 0.15) is 0 Å². The summed E-state index contributed by atoms with van der Waals surface area (Å²) in [5, 5.41) is 8.82. The summed E-state index contributed by atoms with van der Waals surface area (Å²) in [4.78, 5) is 4.58. The highest BCUT2D eigenvalue weighted by Gasteiger charge is 2.27. The lowest BCUT2D eigenvalue weighted by Crippen LogP contribution is -2.35. The molecule has 1 N–H and O–H groups in total. The number of aliphatic hydroxyl groups is 1. The Hall–Kier alpha value is -0.120. The van der Waals surface area contributed by atoms with E-state index in [0.717, 1.165) is 25.7 Å². The summed E-state index contributed by atoms with van der Waals surface area (Å²) < 4.78 is 0. The molecule has 0 saturated heterocycles. The number of nitrogens with zero attached hydrogens (tertiary/aromatic N) is 2. The van der Waals surface area contributed by atoms with Gasteiger partial charge in [0.05, 0.1) is 6.61 Å². The lowest BCUT2D eigenvalue weighted by Gasteiger charge is -2.22. The van der Waals surface area contributed by atoms with Gasteiger partial charge in [-0.3, -0.25) is 4.90 Å². The van der Waals surface area contributed by atoms with Crippen LogP contribution in [0.3, 0.4) is 0 Å². The summed E-state index contributed by atoms with van der Waals surface area (Å²) in [6.07, 6.45) is 2.65. The van der Waals surface area contributed by atoms with Crippen LogP contribution in [0.5, 0.6) is 0 Å². The monoisotopic (exact) mass is 172 g/mol. The fourth-order valence-electron chi connectivity index (χ4n) is 1.37. The molecule has 72 valence electrons. The van der Waals surface area contributed by atoms with Crippen LogP contribution >= 0.6 is 0 Å². The third-order valence-corrected chi connectivity index (χ3v) is 2.28. The average molecular weight is 172 g/mol. The third-order valence-electron chi connectivity index (χ3n) is 2.28. The molecule has 0 aromatic heterocycles. The quantitative estimate of drug-likeness (QED) is 0.611. The fraction of sp³-hybridized carbons (Fsp3) is 1.00. The highest BCUT2D eigenvalue weighted by molar-refractivity contribution is 4.84. The number of likely N-dealkylation sites (N-methyl/N-ethyl adjacent to an activating group) is 1. The molecule has 1 saturated carbocycles. The normalized spacial score (nSPS) is 17.8. The molecule has 0 aliphatic heterocycles. The Labute approximate surface area is 75.0 Å². The number of hydrogen-bond donors (Lipinski definition) is 1. The van der Waals surface area contributed by atoms with Crippen LogP contribution in [-0.4, -0.2) is 61.3 Å². The van der Waals surface area contributed by atoms with Crippen LogP contribution in [-0.2, 0) is 0 Å². The number of hydrogen-bond acceptors (Lipinski definition) is 3. The molecule has 1 fully saturated rings. The molecule has 1 rings (SSSR count). The van der Waals surface area contributed by atoms with Crippen LogP contribution in [0.1, 0.15) is 12.8 Å². The largest absolute Gasteiger partial charge is 0.395 e. The minimum absolute atomic E-state index is 0.296. The molecule has 1 aliphatic carbocycles. The topological polar surface area (TPSA) is 26.7 Å². The second-order valence-corrected chi connectivity index (χ2v) is 3.79. The third kappa shape index (κ3) is 3.52. The molecule has 0 bridgehead atoms. The number of aliphatic hydroxyl groups excluding tert-OH is 1. The van der Waals surface area contributed by atoms with Crippen molar-refractivity contribution < 1.29 is 5.11 Å². The predicted octanol–water partition coefficient (Wildman–Crippen LogP) is 0.00470. The summed E-state index contributed by atoms with van der Waals surface area (Å²) in [6, 6.07) is 0.775. The molecule has 0 unspecified atom stereocenters. The van der Waals surface area contributed by atoms with Gasteiger partial charge in [-0.25, -0.2) is 0 Å². The molecular weight excluding hydrogens is 152 g/mol. The zero-order valence-electron chi connectivity index (χ0n) is 8.16. The van der Waals surface area contributed by atoms with E-state index in [2.05, 4.69) is 23.9 Å². The Morgan fingerprint density at radius 1 is 1.17 bits per heavy atom. The smallest absolute Gasteiger partial charge is 0.0558 e. The Balaban J connectivity index is 2.13. The van der Waals surface area contributed by atoms with Gasteiger partial charge in [-0.15, -0.1) is 0 Å². The second kappa shape index (κ2) is 4.80. The summed E-state index contributed by atoms with van der Waals surface area (Å²) in [7, 11) is 4.17. The molecule has 3 heteroatoms. The lowest BCUT2D eigenvalue weighted by atomic mass is 10.4. The minimum atomic E-state index is 0.296. The molecule has 12 heavy (non-hydrogen) atoms. The Bertz CT molecular complexity index is 124. The van der Waals surface area contributed by atoms with Gasteiger partial charge < -0.3 is 10.0 Å². The van der Waals surface area contributed by atoms with E-state index >= 15 is 0 Å². The number of rotatable bonds is 6. The van der Waals surface area contributed by atoms with E-state index in [4.69, 9.17) is 5.11 Å². The molecule has 3 nitrogen and oxygen atoms in total. The molecule has 0 amide bonds. The minimum Gasteiger partial charge on any atom is -0.395 e. The standard InChI is InChI=1S/C9H20N2O/c1-10(2)5-6-11(7-8-12)9-3-4-9/h9,12H,3-8H2,1-2H3. The second-order valence-electron chi connectivity index (χ2n) is 3.79. The Kier molecular flexibility index (Phi) is 3.98. The van der Waals surface area contributed by atoms with Crippen LogP contribution in [0.2, 0.25) is 0 Å². The van der Waals surface area contributed by atoms with E-state index in [9.17, 15) is 0 Å². The molecular formula is C9H20N2O. The van der Waals surface area contributed by atoms with Crippen LogP contribution in [0.4, 0.5) is 0 Å². The van der Waals surface area contributed by atoms with Gasteiger partial charge in [0.15, 0.2) is 0 Å². The molecule has 0 radical (unpaired) electrons. The maximum Gasteiger partial charge on any atom is 0.0558 e. The van der Waals surface area contributed by atoms with Gasteiger partial charge >= 0.3 is 0 Å². The van der Waals surface area contributed by atoms with Gasteiger partial charge in [0, 0.05) is 25.7 Å². The van der Waals surface area contributed by atoms with E-state index < -0.39 is 0 Å². The van der Waals surface area contributed by atoms with Gasteiger partial charge in [-0.1, -0.05) is 0 Å². The van der Waals surface area contributed by atoms with E-state index in [0.29, 0.717) is 6.61 Å². The van der Waals surface area contributed by atoms with Crippen molar-refractivity contribution in [3.8, 4) is 0 Å². The summed E-state index contributed by atoms with van der Waals surface area (Å²) in [5.74, 6) is 0. The van der Waals surface area contributed by atoms with Crippen molar-refractivity contribution in [1.29, 1.82) is 0 Å². The van der Waals surface area contributed by atoms with Crippen LogP contribution in [0.15, 0.2) is 0 Å². The van der Waals surface area contributed by atoms with Gasteiger partial charge in [0.2, 0.25) is 0 Å². The maximum atomic E-state index is 8.82. The van der Waals surface area contributed by atoms with E-state index in [1.165, 1.54) is 12.8 Å². The first kappa shape index (κ1) is 9.96. The van der Waals surface area contributed by atoms with Gasteiger partial charge in [0.25, 0.3) is 0 Å². The molecule has 0 atom stereocenters. The molecule has 0 aromatic carbocycles. The Morgan fingerprint density at radius 2 is 1.83 bits per heavy atom. The van der Waals surface area contributed by atoms with Crippen molar-refractivity contribution in [2.45, 2.75) is 18.9 Å². The van der Waals surface area contributed by atoms with Crippen molar-refractivity contribution in [3.05, 3.63) is 0 Å². The van der Waals surface area contributed by atoms with Crippen LogP contribution in [0, 0.1) is 0 Å². The first-order valence-corrected chi connectivity index (χ1v) is 4.73. The average Bonchev–Trinajstić information content (AvgIpc) is 2.79. The lowest BCUT2D eigenvalue weighted by molar-refractivity contribution is 0.177. The van der Waals surface area contributed by atoms with E-state index in [1.54, 1.807) is 0 Å². The highest BCUT2D eigenvalue weighted by atomic mass is 16.3. The zero-order valence-corrected chi connectivity index (χ0v) is 8.16. The first-order valence-electron chi connectivity index (χ1n) is 4.73. The van der Waals surface area contributed by atoms with E-state index in [-0.39, 0.29) is 0 Å². The van der Waals surface area contributed by atoms with Crippen molar-refractivity contribution in [2.24, 2.45) is 0 Å². The summed E-state index contributed by atoms with van der Waals surface area (Å²) in [6.45, 7) is 3.33. The Morgan fingerprint density at radius 3 is 2.25 bits per heavy atom. The summed E-state index contributed by atoms with van der Waals surface area (Å²) in [5.41, 5.74) is 0. The molecule has 0 heterocycles. The van der Waals surface area contributed by atoms with Crippen molar-refractivity contribution in [2.75, 3.05) is 40.3 Å². The zero-order chi connectivity index (χ0) is 8.97. The van der Waals surface area contributed by atoms with Crippen molar-refractivity contribution in [3.63, 3.8) is 0 Å². The predicted molar refractivity (Wildman–Crippen MR) is 50.2 cm³/mol. The van der Waals surface area contributed by atoms with Gasteiger partial charge in [-0.2, -0.15) is 0 Å². The summed E-state index contributed by atoms with van der Waals surface area (Å²) >= 11 is 0. The van der Waals surface area contributed by atoms with Crippen LogP contribution < -0.4 is 0 Å². The SMILES string of the molecule is CN(C)CCN(CCO)C1CC1. The highest BCUT2D eigenvalue weighted by Crippen LogP contribution is 2.25. The fourth-order valence-corrected chi connectivity index (χ4v) is 1.37. The first-order chi connectivity index (χ1) is 5.74. The molecule has 0 spiro atoms.